The van der Waals surface area contributed by atoms with Crippen molar-refractivity contribution >= 4 is 43.4 Å². The number of benzene rings is 1. The minimum absolute atomic E-state index is 0. The first-order valence-corrected chi connectivity index (χ1v) is 7.12. The molecule has 2 rings (SSSR count). The summed E-state index contributed by atoms with van der Waals surface area (Å²) in [5, 5.41) is 11.6. The minimum atomic E-state index is -3.37. The number of anilines is 1. The smallest absolute Gasteiger partial charge is 0.545 e. The number of nitrogens with zero attached hydrogens (tertiary/aromatic N) is 1. The summed E-state index contributed by atoms with van der Waals surface area (Å²) in [6.45, 7) is 0. The summed E-state index contributed by atoms with van der Waals surface area (Å²) < 4.78 is 28.4. The van der Waals surface area contributed by atoms with Crippen molar-refractivity contribution in [3.8, 4) is 0 Å². The van der Waals surface area contributed by atoms with Crippen LogP contribution >= 0.6 is 11.5 Å². The quantitative estimate of drug-likeness (QED) is 0.605. The van der Waals surface area contributed by atoms with Crippen LogP contribution in [0.25, 0.3) is 10.9 Å². The number of hydrogen-bond acceptors (Lipinski definition) is 6. The molecule has 1 aromatic carbocycles. The van der Waals surface area contributed by atoms with E-state index in [1.165, 1.54) is 18.2 Å². The van der Waals surface area contributed by atoms with Crippen molar-refractivity contribution in [1.29, 1.82) is 0 Å². The Bertz CT molecular complexity index is 696. The number of aromatic nitrogens is 1. The van der Waals surface area contributed by atoms with Crippen LogP contribution in [0.5, 0.6) is 0 Å². The van der Waals surface area contributed by atoms with Crippen LogP contribution in [0.15, 0.2) is 18.2 Å². The van der Waals surface area contributed by atoms with E-state index in [9.17, 15) is 18.3 Å². The SMILES string of the molecule is CS(=O)(=O)Nc1snc2cc(C(=O)[O-])ccc12.[Li+]. The van der Waals surface area contributed by atoms with Crippen molar-refractivity contribution in [1.82, 2.24) is 4.37 Å². The Morgan fingerprint density at radius 3 is 2.67 bits per heavy atom. The van der Waals surface area contributed by atoms with Gasteiger partial charge in [-0.25, -0.2) is 8.42 Å². The standard InChI is InChI=1S/C9H8N2O4S2.Li/c1-17(14,15)11-8-6-3-2-5(9(12)13)4-7(6)10-16-8;/h2-4,11H,1H3,(H,12,13);/q;+1/p-1. The molecule has 90 valence electrons. The van der Waals surface area contributed by atoms with E-state index in [0.29, 0.717) is 15.9 Å². The van der Waals surface area contributed by atoms with E-state index in [1.807, 2.05) is 0 Å². The molecule has 0 radical (unpaired) electrons. The Balaban J connectivity index is 0.00000162. The van der Waals surface area contributed by atoms with E-state index >= 15 is 0 Å². The average Bonchev–Trinajstić information content (AvgIpc) is 2.58. The second-order valence-corrected chi connectivity index (χ2v) is 5.93. The van der Waals surface area contributed by atoms with Gasteiger partial charge in [-0.3, -0.25) is 4.72 Å². The molecule has 9 heteroatoms. The number of carbonyl (C=O) groups excluding carboxylic acids is 1. The molecule has 0 unspecified atom stereocenters. The number of carboxylic acids is 1. The maximum atomic E-state index is 11.1. The van der Waals surface area contributed by atoms with Gasteiger partial charge in [-0.2, -0.15) is 4.37 Å². The zero-order chi connectivity index (χ0) is 12.6. The topological polar surface area (TPSA) is 99.2 Å². The van der Waals surface area contributed by atoms with E-state index in [2.05, 4.69) is 9.10 Å². The third kappa shape index (κ3) is 3.23. The fourth-order valence-electron chi connectivity index (χ4n) is 1.31. The number of sulfonamides is 1. The van der Waals surface area contributed by atoms with Crippen LogP contribution in [0.4, 0.5) is 5.00 Å². The molecule has 0 fully saturated rings. The Morgan fingerprint density at radius 1 is 1.44 bits per heavy atom. The third-order valence-corrected chi connectivity index (χ3v) is 3.49. The molecule has 0 spiro atoms. The summed E-state index contributed by atoms with van der Waals surface area (Å²) in [5.74, 6) is -1.29. The number of carbonyl (C=O) groups is 1. The van der Waals surface area contributed by atoms with Crippen molar-refractivity contribution < 1.29 is 37.2 Å². The van der Waals surface area contributed by atoms with E-state index in [-0.39, 0.29) is 24.4 Å². The molecule has 0 atom stereocenters. The Kier molecular flexibility index (Phi) is 4.40. The third-order valence-electron chi connectivity index (χ3n) is 1.99. The predicted octanol–water partition coefficient (Wildman–Crippen LogP) is -2.96. The second-order valence-electron chi connectivity index (χ2n) is 3.41. The molecule has 0 aliphatic rings. The van der Waals surface area contributed by atoms with Gasteiger partial charge >= 0.3 is 18.9 Å². The fraction of sp³-hybridized carbons (Fsp3) is 0.111. The van der Waals surface area contributed by atoms with E-state index in [1.54, 1.807) is 0 Å². The number of rotatable bonds is 3. The summed E-state index contributed by atoms with van der Waals surface area (Å²) in [4.78, 5) is 10.6. The van der Waals surface area contributed by atoms with Gasteiger partial charge in [-0.05, 0) is 29.2 Å². The summed E-state index contributed by atoms with van der Waals surface area (Å²) in [6, 6.07) is 4.19. The van der Waals surface area contributed by atoms with Gasteiger partial charge in [0.05, 0.1) is 17.7 Å². The summed E-state index contributed by atoms with van der Waals surface area (Å²) in [6.07, 6.45) is 1.04. The monoisotopic (exact) mass is 278 g/mol. The molecule has 0 saturated carbocycles. The summed E-state index contributed by atoms with van der Waals surface area (Å²) in [7, 11) is -3.37. The van der Waals surface area contributed by atoms with Gasteiger partial charge in [0.15, 0.2) is 0 Å². The van der Waals surface area contributed by atoms with Gasteiger partial charge in [0.1, 0.15) is 5.00 Å². The number of nitrogens with one attached hydrogen (secondary N) is 1. The van der Waals surface area contributed by atoms with Crippen LogP contribution < -0.4 is 28.7 Å². The first kappa shape index (κ1) is 15.0. The Hall–Kier alpha value is -1.07. The average molecular weight is 278 g/mol. The molecule has 0 bridgehead atoms. The van der Waals surface area contributed by atoms with E-state index in [4.69, 9.17) is 0 Å². The molecule has 0 aliphatic carbocycles. The first-order valence-electron chi connectivity index (χ1n) is 4.45. The van der Waals surface area contributed by atoms with Gasteiger partial charge in [0.2, 0.25) is 10.0 Å². The van der Waals surface area contributed by atoms with Gasteiger partial charge in [0, 0.05) is 5.39 Å². The number of aromatic carboxylic acids is 1. The van der Waals surface area contributed by atoms with Gasteiger partial charge < -0.3 is 9.90 Å². The molecular formula is C9H7LiN2O4S2. The summed E-state index contributed by atoms with van der Waals surface area (Å²) in [5.41, 5.74) is 0.427. The molecule has 0 aliphatic heterocycles. The zero-order valence-electron chi connectivity index (χ0n) is 9.63. The van der Waals surface area contributed by atoms with Crippen molar-refractivity contribution in [2.45, 2.75) is 0 Å². The van der Waals surface area contributed by atoms with Gasteiger partial charge in [-0.15, -0.1) is 0 Å². The molecule has 1 heterocycles. The largest absolute Gasteiger partial charge is 1.00 e. The van der Waals surface area contributed by atoms with Crippen molar-refractivity contribution in [3.05, 3.63) is 23.8 Å². The maximum absolute atomic E-state index is 11.1. The zero-order valence-corrected chi connectivity index (χ0v) is 11.3. The predicted molar refractivity (Wildman–Crippen MR) is 62.4 cm³/mol. The fourth-order valence-corrected chi connectivity index (χ4v) is 2.97. The van der Waals surface area contributed by atoms with Crippen molar-refractivity contribution in [3.63, 3.8) is 0 Å². The first-order chi connectivity index (χ1) is 7.87. The molecule has 6 nitrogen and oxygen atoms in total. The maximum Gasteiger partial charge on any atom is 1.00 e. The Morgan fingerprint density at radius 2 is 2.11 bits per heavy atom. The second kappa shape index (κ2) is 5.28. The van der Waals surface area contributed by atoms with Gasteiger partial charge in [0.25, 0.3) is 0 Å². The molecule has 1 N–H and O–H groups in total. The molecular weight excluding hydrogens is 271 g/mol. The van der Waals surface area contributed by atoms with E-state index in [0.717, 1.165) is 17.8 Å². The molecule has 18 heavy (non-hydrogen) atoms. The van der Waals surface area contributed by atoms with Crippen LogP contribution in [-0.4, -0.2) is 25.0 Å². The van der Waals surface area contributed by atoms with Crippen LogP contribution in [0.3, 0.4) is 0 Å². The van der Waals surface area contributed by atoms with E-state index < -0.39 is 16.0 Å². The van der Waals surface area contributed by atoms with Crippen LogP contribution in [0.2, 0.25) is 0 Å². The van der Waals surface area contributed by atoms with Gasteiger partial charge in [-0.1, -0.05) is 6.07 Å². The number of fused-ring (bicyclic) bond motifs is 1. The van der Waals surface area contributed by atoms with Crippen LogP contribution in [-0.2, 0) is 10.0 Å². The van der Waals surface area contributed by atoms with Crippen LogP contribution in [0, 0.1) is 0 Å². The molecule has 1 aromatic heterocycles. The van der Waals surface area contributed by atoms with Crippen LogP contribution in [0.1, 0.15) is 10.4 Å². The normalized spacial score (nSPS) is 10.9. The Labute approximate surface area is 119 Å². The van der Waals surface area contributed by atoms with Crippen molar-refractivity contribution in [2.24, 2.45) is 0 Å². The number of carboxylic acid groups (broad SMARTS) is 1. The molecule has 0 saturated heterocycles. The number of hydrogen-bond donors (Lipinski definition) is 1. The minimum Gasteiger partial charge on any atom is -0.545 e. The van der Waals surface area contributed by atoms with Crippen molar-refractivity contribution in [2.75, 3.05) is 11.0 Å². The molecule has 0 amide bonds. The molecule has 2 aromatic rings. The summed E-state index contributed by atoms with van der Waals surface area (Å²) >= 11 is 0.956.